The first-order chi connectivity index (χ1) is 2.91. The van der Waals surface area contributed by atoms with Gasteiger partial charge in [-0.3, -0.25) is 5.25 Å². The third kappa shape index (κ3) is 10.7. The summed E-state index contributed by atoms with van der Waals surface area (Å²) in [4.78, 5) is 0. The summed E-state index contributed by atoms with van der Waals surface area (Å²) in [6, 6.07) is 0. The van der Waals surface area contributed by atoms with E-state index in [4.69, 9.17) is 12.8 Å². The molecular formula is C4HS2W-. The van der Waals surface area contributed by atoms with Gasteiger partial charge in [0.05, 0.1) is 0 Å². The van der Waals surface area contributed by atoms with Crippen LogP contribution in [0.3, 0.4) is 0 Å². The molecule has 36 valence electrons. The SMILES string of the molecule is [C-]#CSSC#C.[W]. The van der Waals surface area contributed by atoms with E-state index in [0.717, 1.165) is 21.6 Å². The molecule has 0 aromatic carbocycles. The first-order valence-corrected chi connectivity index (χ1v) is 3.26. The minimum Gasteiger partial charge on any atom is -0.680 e. The molecule has 3 heteroatoms. The van der Waals surface area contributed by atoms with E-state index in [2.05, 4.69) is 10.5 Å². The monoisotopic (exact) mass is 297 g/mol. The van der Waals surface area contributed by atoms with Crippen molar-refractivity contribution in [2.24, 2.45) is 0 Å². The van der Waals surface area contributed by atoms with Crippen molar-refractivity contribution in [3.8, 4) is 16.9 Å². The van der Waals surface area contributed by atoms with E-state index < -0.39 is 0 Å². The molecule has 0 aromatic heterocycles. The molecule has 0 aliphatic rings. The zero-order valence-corrected chi connectivity index (χ0v) is 7.87. The van der Waals surface area contributed by atoms with Crippen LogP contribution >= 0.6 is 21.6 Å². The smallest absolute Gasteiger partial charge is 0.00448 e. The fraction of sp³-hybridized carbons (Fsp3) is 0. The Labute approximate surface area is 65.9 Å². The van der Waals surface area contributed by atoms with E-state index in [1.165, 1.54) is 0 Å². The van der Waals surface area contributed by atoms with Gasteiger partial charge in [-0.1, -0.05) is 0 Å². The van der Waals surface area contributed by atoms with Crippen molar-refractivity contribution in [2.45, 2.75) is 0 Å². The summed E-state index contributed by atoms with van der Waals surface area (Å²) in [7, 11) is 2.26. The van der Waals surface area contributed by atoms with Gasteiger partial charge in [-0.25, -0.2) is 0 Å². The van der Waals surface area contributed by atoms with Crippen molar-refractivity contribution in [1.29, 1.82) is 0 Å². The van der Waals surface area contributed by atoms with Crippen LogP contribution < -0.4 is 0 Å². The Morgan fingerprint density at radius 2 is 2.00 bits per heavy atom. The summed E-state index contributed by atoms with van der Waals surface area (Å²) >= 11 is 0. The molecule has 0 aromatic rings. The van der Waals surface area contributed by atoms with Gasteiger partial charge in [0, 0.05) is 31.9 Å². The topological polar surface area (TPSA) is 0 Å². The van der Waals surface area contributed by atoms with Crippen LogP contribution in [0.4, 0.5) is 0 Å². The Bertz CT molecular complexity index is 83.2. The van der Waals surface area contributed by atoms with Crippen molar-refractivity contribution >= 4 is 21.6 Å². The van der Waals surface area contributed by atoms with Crippen molar-refractivity contribution in [2.75, 3.05) is 0 Å². The molecule has 0 fully saturated rings. The van der Waals surface area contributed by atoms with E-state index >= 15 is 0 Å². The number of hydrogen-bond donors (Lipinski definition) is 0. The van der Waals surface area contributed by atoms with E-state index in [0.29, 0.717) is 0 Å². The van der Waals surface area contributed by atoms with Gasteiger partial charge in [0.15, 0.2) is 0 Å². The van der Waals surface area contributed by atoms with Crippen LogP contribution in [0.1, 0.15) is 0 Å². The Balaban J connectivity index is 0. The van der Waals surface area contributed by atoms with Gasteiger partial charge < -0.3 is 6.42 Å². The Hall–Kier alpha value is 0.508. The Morgan fingerprint density at radius 3 is 2.14 bits per heavy atom. The van der Waals surface area contributed by atoms with Crippen molar-refractivity contribution in [3.63, 3.8) is 0 Å². The molecule has 0 unspecified atom stereocenters. The van der Waals surface area contributed by atoms with E-state index in [9.17, 15) is 0 Å². The van der Waals surface area contributed by atoms with Gasteiger partial charge in [0.1, 0.15) is 0 Å². The second-order valence-electron chi connectivity index (χ2n) is 0.387. The number of hydrogen-bond acceptors (Lipinski definition) is 2. The predicted molar refractivity (Wildman–Crippen MR) is 31.1 cm³/mol. The molecule has 0 nitrogen and oxygen atoms in total. The molecule has 0 N–H and O–H groups in total. The molecule has 0 spiro atoms. The minimum absolute atomic E-state index is 0. The zero-order chi connectivity index (χ0) is 4.83. The molecule has 0 rings (SSSR count). The molecule has 0 heterocycles. The molecule has 0 aliphatic heterocycles. The van der Waals surface area contributed by atoms with Crippen molar-refractivity contribution < 1.29 is 21.1 Å². The van der Waals surface area contributed by atoms with E-state index in [1.54, 1.807) is 0 Å². The maximum atomic E-state index is 6.30. The van der Waals surface area contributed by atoms with Crippen LogP contribution in [0, 0.1) is 23.4 Å². The fourth-order valence-electron chi connectivity index (χ4n) is 0.0449. The summed E-state index contributed by atoms with van der Waals surface area (Å²) in [5.74, 6) is 0. The van der Waals surface area contributed by atoms with Crippen molar-refractivity contribution in [3.05, 3.63) is 6.42 Å². The minimum atomic E-state index is 0. The molecule has 0 bridgehead atoms. The van der Waals surface area contributed by atoms with E-state index in [-0.39, 0.29) is 21.1 Å². The summed E-state index contributed by atoms with van der Waals surface area (Å²) in [5, 5.41) is 4.32. The second-order valence-corrected chi connectivity index (χ2v) is 2.16. The maximum absolute atomic E-state index is 6.30. The van der Waals surface area contributed by atoms with Gasteiger partial charge in [0.2, 0.25) is 0 Å². The normalized spacial score (nSPS) is 4.86. The van der Waals surface area contributed by atoms with Crippen LogP contribution in [-0.2, 0) is 21.1 Å². The molecule has 0 atom stereocenters. The fourth-order valence-corrected chi connectivity index (χ4v) is 0.404. The summed E-state index contributed by atoms with van der Waals surface area (Å²) in [5.41, 5.74) is 0. The molecule has 0 saturated carbocycles. The van der Waals surface area contributed by atoms with Gasteiger partial charge in [-0.2, -0.15) is 0 Å². The van der Waals surface area contributed by atoms with Crippen LogP contribution in [-0.4, -0.2) is 0 Å². The molecular weight excluding hydrogens is 296 g/mol. The zero-order valence-electron chi connectivity index (χ0n) is 3.30. The average Bonchev–Trinajstić information content (AvgIpc) is 1.61. The molecule has 0 saturated heterocycles. The van der Waals surface area contributed by atoms with Crippen LogP contribution in [0.15, 0.2) is 0 Å². The Kier molecular flexibility index (Phi) is 14.5. The standard InChI is InChI=1S/C4HS2.W/c1-3-5-6-4-2;/h1H;/q-1;. The molecule has 0 amide bonds. The third-order valence-electron chi connectivity index (χ3n) is 0.131. The van der Waals surface area contributed by atoms with Gasteiger partial charge >= 0.3 is 0 Å². The van der Waals surface area contributed by atoms with Gasteiger partial charge in [-0.15, -0.1) is 6.42 Å². The van der Waals surface area contributed by atoms with Crippen LogP contribution in [0.5, 0.6) is 0 Å². The Morgan fingerprint density at radius 1 is 1.43 bits per heavy atom. The largest absolute Gasteiger partial charge is 0.680 e. The maximum Gasteiger partial charge on any atom is 0.00448 e. The molecule has 7 heavy (non-hydrogen) atoms. The van der Waals surface area contributed by atoms with Gasteiger partial charge in [-0.05, 0) is 16.0 Å². The average molecular weight is 297 g/mol. The summed E-state index contributed by atoms with van der Waals surface area (Å²) in [6.45, 7) is 0. The first-order valence-electron chi connectivity index (χ1n) is 1.11. The summed E-state index contributed by atoms with van der Waals surface area (Å²) in [6.07, 6.45) is 11.1. The predicted octanol–water partition coefficient (Wildman–Crippen LogP) is 1.50. The summed E-state index contributed by atoms with van der Waals surface area (Å²) < 4.78 is 0. The third-order valence-corrected chi connectivity index (χ3v) is 1.18. The molecule has 0 radical (unpaired) electrons. The number of terminal acetylenes is 1. The van der Waals surface area contributed by atoms with Crippen LogP contribution in [0.25, 0.3) is 0 Å². The quantitative estimate of drug-likeness (QED) is 0.311. The van der Waals surface area contributed by atoms with Crippen LogP contribution in [0.2, 0.25) is 0 Å². The first kappa shape index (κ1) is 10.5. The van der Waals surface area contributed by atoms with Crippen molar-refractivity contribution in [1.82, 2.24) is 0 Å². The number of rotatable bonds is 1. The molecule has 0 aliphatic carbocycles. The second kappa shape index (κ2) is 9.72. The van der Waals surface area contributed by atoms with E-state index in [1.807, 2.05) is 0 Å². The van der Waals surface area contributed by atoms with Gasteiger partial charge in [0.25, 0.3) is 0 Å².